The molecule has 3 amide bonds. The van der Waals surface area contributed by atoms with Crippen LogP contribution in [0.3, 0.4) is 0 Å². The zero-order valence-electron chi connectivity index (χ0n) is 24.4. The molecule has 8 nitrogen and oxygen atoms in total. The van der Waals surface area contributed by atoms with Gasteiger partial charge >= 0.3 is 0 Å². The average molecular weight is 580 g/mol. The van der Waals surface area contributed by atoms with Crippen LogP contribution in [-0.2, 0) is 39.5 Å². The molecular weight excluding hydrogens is 542 g/mol. The molecule has 3 aromatic carbocycles. The lowest BCUT2D eigenvalue weighted by molar-refractivity contribution is -0.139. The number of carbonyl (C=O) groups is 3. The summed E-state index contributed by atoms with van der Waals surface area (Å²) in [6.45, 7) is 3.06. The van der Waals surface area contributed by atoms with E-state index in [0.717, 1.165) is 28.8 Å². The van der Waals surface area contributed by atoms with Gasteiger partial charge < -0.3 is 24.9 Å². The standard InChI is InChI=1S/C35H37N3O5/c1-24(9-6-16-33(41)37-22-27-12-3-2-11-26(27)20-29(37)23-39)35(43)30-14-4-5-15-31(30)38(34(35)42)21-25-10-7-13-28(19-25)36-18-8-17-32(36)40/h2-7,9-15,19,24,29,39,43H,8,16-18,20-23H2,1H3/b9-6+/t24-,29-,35+/m0/s1. The molecule has 0 aromatic heterocycles. The van der Waals surface area contributed by atoms with Gasteiger partial charge in [0.05, 0.1) is 24.9 Å². The van der Waals surface area contributed by atoms with Gasteiger partial charge in [0.1, 0.15) is 0 Å². The molecule has 0 spiro atoms. The molecule has 43 heavy (non-hydrogen) atoms. The summed E-state index contributed by atoms with van der Waals surface area (Å²) in [5.41, 5.74) is 3.29. The largest absolute Gasteiger partial charge is 0.394 e. The molecule has 1 fully saturated rings. The van der Waals surface area contributed by atoms with Crippen LogP contribution in [0.15, 0.2) is 84.9 Å². The molecule has 0 bridgehead atoms. The number of anilines is 2. The average Bonchev–Trinajstić information content (AvgIpc) is 3.56. The van der Waals surface area contributed by atoms with Crippen molar-refractivity contribution < 1.29 is 24.6 Å². The van der Waals surface area contributed by atoms with Gasteiger partial charge in [-0.1, -0.05) is 73.7 Å². The van der Waals surface area contributed by atoms with Crippen molar-refractivity contribution in [2.75, 3.05) is 23.0 Å². The summed E-state index contributed by atoms with van der Waals surface area (Å²) >= 11 is 0. The Morgan fingerprint density at radius 2 is 1.81 bits per heavy atom. The zero-order chi connectivity index (χ0) is 30.1. The van der Waals surface area contributed by atoms with E-state index in [1.165, 1.54) is 0 Å². The molecule has 3 heterocycles. The lowest BCUT2D eigenvalue weighted by Gasteiger charge is -2.36. The van der Waals surface area contributed by atoms with E-state index in [1.807, 2.05) is 66.7 Å². The van der Waals surface area contributed by atoms with E-state index in [0.29, 0.717) is 37.2 Å². The highest BCUT2D eigenvalue weighted by Crippen LogP contribution is 2.45. The maximum atomic E-state index is 13.9. The van der Waals surface area contributed by atoms with Crippen molar-refractivity contribution >= 4 is 29.1 Å². The van der Waals surface area contributed by atoms with Crippen LogP contribution >= 0.6 is 0 Å². The van der Waals surface area contributed by atoms with E-state index in [-0.39, 0.29) is 37.4 Å². The van der Waals surface area contributed by atoms with Gasteiger partial charge in [-0.05, 0) is 47.7 Å². The van der Waals surface area contributed by atoms with Gasteiger partial charge in [0.15, 0.2) is 5.60 Å². The second-order valence-corrected chi connectivity index (χ2v) is 11.7. The first-order chi connectivity index (χ1) is 20.8. The highest BCUT2D eigenvalue weighted by molar-refractivity contribution is 6.07. The first kappa shape index (κ1) is 28.8. The van der Waals surface area contributed by atoms with Crippen LogP contribution in [0, 0.1) is 5.92 Å². The van der Waals surface area contributed by atoms with Crippen molar-refractivity contribution in [2.45, 2.75) is 57.3 Å². The fourth-order valence-corrected chi connectivity index (χ4v) is 6.66. The number of hydrogen-bond donors (Lipinski definition) is 2. The number of aliphatic hydroxyl groups is 2. The maximum absolute atomic E-state index is 13.9. The Labute approximate surface area is 251 Å². The predicted molar refractivity (Wildman–Crippen MR) is 164 cm³/mol. The van der Waals surface area contributed by atoms with E-state index in [2.05, 4.69) is 0 Å². The Morgan fingerprint density at radius 3 is 2.58 bits per heavy atom. The van der Waals surface area contributed by atoms with E-state index in [4.69, 9.17) is 0 Å². The molecule has 3 aromatic rings. The van der Waals surface area contributed by atoms with E-state index < -0.39 is 17.4 Å². The summed E-state index contributed by atoms with van der Waals surface area (Å²) in [7, 11) is 0. The quantitative estimate of drug-likeness (QED) is 0.392. The Kier molecular flexibility index (Phi) is 7.90. The molecule has 0 unspecified atom stereocenters. The molecule has 0 saturated carbocycles. The zero-order valence-corrected chi connectivity index (χ0v) is 24.4. The van der Waals surface area contributed by atoms with Crippen molar-refractivity contribution in [3.63, 3.8) is 0 Å². The van der Waals surface area contributed by atoms with Crippen LogP contribution in [0.25, 0.3) is 0 Å². The van der Waals surface area contributed by atoms with Crippen LogP contribution in [0.2, 0.25) is 0 Å². The predicted octanol–water partition coefficient (Wildman–Crippen LogP) is 4.08. The number of fused-ring (bicyclic) bond motifs is 2. The fourth-order valence-electron chi connectivity index (χ4n) is 6.66. The summed E-state index contributed by atoms with van der Waals surface area (Å²) in [5.74, 6) is -1.04. The van der Waals surface area contributed by atoms with E-state index in [9.17, 15) is 24.6 Å². The van der Waals surface area contributed by atoms with Crippen LogP contribution < -0.4 is 9.80 Å². The number of nitrogens with zero attached hydrogens (tertiary/aromatic N) is 3. The lowest BCUT2D eigenvalue weighted by Crippen LogP contribution is -2.46. The first-order valence-corrected chi connectivity index (χ1v) is 15.0. The Bertz CT molecular complexity index is 1580. The molecule has 6 rings (SSSR count). The third kappa shape index (κ3) is 5.26. The first-order valence-electron chi connectivity index (χ1n) is 15.0. The van der Waals surface area contributed by atoms with Crippen molar-refractivity contribution in [3.8, 4) is 0 Å². The molecule has 222 valence electrons. The van der Waals surface area contributed by atoms with Crippen LogP contribution in [0.5, 0.6) is 0 Å². The second kappa shape index (κ2) is 11.8. The van der Waals surface area contributed by atoms with Gasteiger partial charge in [-0.3, -0.25) is 14.4 Å². The highest BCUT2D eigenvalue weighted by atomic mass is 16.3. The number of benzene rings is 3. The summed E-state index contributed by atoms with van der Waals surface area (Å²) in [4.78, 5) is 44.6. The highest BCUT2D eigenvalue weighted by Gasteiger charge is 2.52. The Balaban J connectivity index is 1.18. The number of aliphatic hydroxyl groups excluding tert-OH is 1. The van der Waals surface area contributed by atoms with Crippen molar-refractivity contribution in [1.82, 2.24) is 4.90 Å². The number of hydrogen-bond acceptors (Lipinski definition) is 5. The van der Waals surface area contributed by atoms with Gasteiger partial charge in [-0.2, -0.15) is 0 Å². The second-order valence-electron chi connectivity index (χ2n) is 11.7. The fraction of sp³-hybridized carbons (Fsp3) is 0.343. The van der Waals surface area contributed by atoms with Crippen molar-refractivity contribution in [3.05, 3.63) is 107 Å². The molecule has 3 aliphatic heterocycles. The van der Waals surface area contributed by atoms with Gasteiger partial charge in [0.2, 0.25) is 11.8 Å². The normalized spacial score (nSPS) is 22.3. The third-order valence-corrected chi connectivity index (χ3v) is 9.08. The van der Waals surface area contributed by atoms with Gasteiger partial charge in [-0.25, -0.2) is 0 Å². The van der Waals surface area contributed by atoms with Gasteiger partial charge in [0.25, 0.3) is 5.91 Å². The molecule has 0 radical (unpaired) electrons. The monoisotopic (exact) mass is 579 g/mol. The summed E-state index contributed by atoms with van der Waals surface area (Å²) in [6.07, 6.45) is 5.53. The number of carbonyl (C=O) groups excluding carboxylic acids is 3. The minimum Gasteiger partial charge on any atom is -0.394 e. The molecule has 2 N–H and O–H groups in total. The Morgan fingerprint density at radius 1 is 1.05 bits per heavy atom. The van der Waals surface area contributed by atoms with E-state index >= 15 is 0 Å². The van der Waals surface area contributed by atoms with Gasteiger partial charge in [-0.15, -0.1) is 0 Å². The minimum atomic E-state index is -1.80. The number of para-hydroxylation sites is 1. The minimum absolute atomic E-state index is 0.0979. The SMILES string of the molecule is C[C@@H](/C=C/CC(=O)N1Cc2ccccc2C[C@H]1CO)[C@]1(O)C(=O)N(Cc2cccc(N3CCCC3=O)c2)c2ccccc21. The van der Waals surface area contributed by atoms with Gasteiger partial charge in [0, 0.05) is 43.1 Å². The topological polar surface area (TPSA) is 101 Å². The molecule has 3 atom stereocenters. The smallest absolute Gasteiger partial charge is 0.264 e. The van der Waals surface area contributed by atoms with Crippen molar-refractivity contribution in [2.24, 2.45) is 5.92 Å². The van der Waals surface area contributed by atoms with Crippen LogP contribution in [0.4, 0.5) is 11.4 Å². The Hall–Kier alpha value is -4.27. The molecular formula is C35H37N3O5. The molecule has 3 aliphatic rings. The molecule has 8 heteroatoms. The number of amides is 3. The molecule has 0 aliphatic carbocycles. The third-order valence-electron chi connectivity index (χ3n) is 9.08. The summed E-state index contributed by atoms with van der Waals surface area (Å²) in [6, 6.07) is 22.6. The lowest BCUT2D eigenvalue weighted by atomic mass is 9.83. The summed E-state index contributed by atoms with van der Waals surface area (Å²) < 4.78 is 0. The molecule has 1 saturated heterocycles. The maximum Gasteiger partial charge on any atom is 0.264 e. The number of rotatable bonds is 8. The van der Waals surface area contributed by atoms with Crippen molar-refractivity contribution in [1.29, 1.82) is 0 Å². The van der Waals surface area contributed by atoms with E-state index in [1.54, 1.807) is 39.8 Å². The van der Waals surface area contributed by atoms with Crippen LogP contribution in [0.1, 0.15) is 48.4 Å². The summed E-state index contributed by atoms with van der Waals surface area (Å²) in [5, 5.41) is 21.9. The van der Waals surface area contributed by atoms with Crippen LogP contribution in [-0.4, -0.2) is 52.0 Å².